The molecule has 1 heteroatoms. The van der Waals surface area contributed by atoms with Crippen molar-refractivity contribution >= 4 is 24.3 Å². The first-order valence-electron chi connectivity index (χ1n) is 12.6. The van der Waals surface area contributed by atoms with Crippen LogP contribution < -0.4 is 0 Å². The Bertz CT molecular complexity index is 1220. The van der Waals surface area contributed by atoms with E-state index >= 15 is 0 Å². The van der Waals surface area contributed by atoms with Crippen LogP contribution in [0.4, 0.5) is 0 Å². The highest BCUT2D eigenvalue weighted by molar-refractivity contribution is 5.50. The van der Waals surface area contributed by atoms with Gasteiger partial charge in [-0.15, -0.1) is 0 Å². The summed E-state index contributed by atoms with van der Waals surface area (Å²) in [5.41, 5.74) is 9.15. The maximum Gasteiger partial charge on any atom is 0.0873 e. The molecule has 0 aromatic heterocycles. The van der Waals surface area contributed by atoms with Gasteiger partial charge in [0.15, 0.2) is 0 Å². The van der Waals surface area contributed by atoms with Crippen LogP contribution in [-0.2, 0) is 17.6 Å². The maximum absolute atomic E-state index is 7.00. The highest BCUT2D eigenvalue weighted by Crippen LogP contribution is 2.33. The number of benzene rings is 4. The van der Waals surface area contributed by atoms with Gasteiger partial charge in [-0.05, 0) is 44.5 Å². The molecule has 0 amide bonds. The molecule has 0 N–H and O–H groups in total. The number of ether oxygens (including phenoxy) is 1. The van der Waals surface area contributed by atoms with Crippen molar-refractivity contribution in [2.24, 2.45) is 0 Å². The Morgan fingerprint density at radius 1 is 0.432 bits per heavy atom. The van der Waals surface area contributed by atoms with Crippen LogP contribution in [0.5, 0.6) is 0 Å². The lowest BCUT2D eigenvalue weighted by molar-refractivity contribution is -0.0149. The quantitative estimate of drug-likeness (QED) is 0.195. The van der Waals surface area contributed by atoms with Crippen LogP contribution in [0.15, 0.2) is 123 Å². The topological polar surface area (TPSA) is 9.23 Å². The Kier molecular flexibility index (Phi) is 8.86. The van der Waals surface area contributed by atoms with Gasteiger partial charge >= 0.3 is 0 Å². The molecule has 0 saturated carbocycles. The monoisotopic (exact) mass is 482 g/mol. The first-order chi connectivity index (χ1) is 18.1. The summed E-state index contributed by atoms with van der Waals surface area (Å²) in [5.74, 6) is 0. The molecule has 0 heterocycles. The van der Waals surface area contributed by atoms with Gasteiger partial charge in [-0.3, -0.25) is 0 Å². The number of hydrogen-bond acceptors (Lipinski definition) is 1. The van der Waals surface area contributed by atoms with Crippen LogP contribution in [0, 0.1) is 0 Å². The molecule has 0 spiro atoms. The van der Waals surface area contributed by atoms with Crippen molar-refractivity contribution in [2.45, 2.75) is 25.0 Å². The second kappa shape index (κ2) is 12.7. The number of hydrogen-bond donors (Lipinski definition) is 0. The van der Waals surface area contributed by atoms with E-state index in [4.69, 9.17) is 4.74 Å². The summed E-state index contributed by atoms with van der Waals surface area (Å²) in [6.07, 6.45) is 8.76. The van der Waals surface area contributed by atoms with E-state index in [-0.39, 0.29) is 12.2 Å². The molecule has 0 saturated heterocycles. The summed E-state index contributed by atoms with van der Waals surface area (Å²) >= 11 is 0. The van der Waals surface area contributed by atoms with E-state index in [2.05, 4.69) is 123 Å². The molecule has 2 unspecified atom stereocenters. The standard InChI is InChI=1S/C36H34O/c1-5-27-9-13-31(14-10-27)25-35(33-21-17-29(7-3)18-22-33)37-36(34-23-19-30(8-4)20-24-34)26-32-15-11-28(6-2)12-16-32/h5-24,35-36H,1-4,25-26H2. The predicted octanol–water partition coefficient (Wildman–Crippen LogP) is 9.54. The second-order valence-electron chi connectivity index (χ2n) is 9.15. The third-order valence-electron chi connectivity index (χ3n) is 6.69. The van der Waals surface area contributed by atoms with Crippen LogP contribution in [0.25, 0.3) is 24.3 Å². The lowest BCUT2D eigenvalue weighted by Crippen LogP contribution is -2.15. The fraction of sp³-hybridized carbons (Fsp3) is 0.111. The first kappa shape index (κ1) is 25.9. The summed E-state index contributed by atoms with van der Waals surface area (Å²) in [7, 11) is 0. The smallest absolute Gasteiger partial charge is 0.0873 e. The summed E-state index contributed by atoms with van der Waals surface area (Å²) in [5, 5.41) is 0. The molecule has 0 aliphatic carbocycles. The summed E-state index contributed by atoms with van der Waals surface area (Å²) in [6.45, 7) is 15.6. The predicted molar refractivity (Wildman–Crippen MR) is 160 cm³/mol. The summed E-state index contributed by atoms with van der Waals surface area (Å²) in [4.78, 5) is 0. The van der Waals surface area contributed by atoms with Crippen LogP contribution in [0.3, 0.4) is 0 Å². The molecular weight excluding hydrogens is 448 g/mol. The van der Waals surface area contributed by atoms with Gasteiger partial charge in [-0.25, -0.2) is 0 Å². The highest BCUT2D eigenvalue weighted by Gasteiger charge is 2.21. The van der Waals surface area contributed by atoms with Crippen molar-refractivity contribution in [3.05, 3.63) is 168 Å². The fourth-order valence-corrected chi connectivity index (χ4v) is 4.39. The third kappa shape index (κ3) is 6.94. The first-order valence-corrected chi connectivity index (χ1v) is 12.6. The van der Waals surface area contributed by atoms with Crippen molar-refractivity contribution in [3.8, 4) is 0 Å². The third-order valence-corrected chi connectivity index (χ3v) is 6.69. The van der Waals surface area contributed by atoms with E-state index in [0.717, 1.165) is 46.2 Å². The van der Waals surface area contributed by atoms with E-state index in [1.165, 1.54) is 11.1 Å². The van der Waals surface area contributed by atoms with Gasteiger partial charge in [0.2, 0.25) is 0 Å². The van der Waals surface area contributed by atoms with Gasteiger partial charge in [-0.2, -0.15) is 0 Å². The summed E-state index contributed by atoms with van der Waals surface area (Å²) < 4.78 is 7.00. The van der Waals surface area contributed by atoms with E-state index in [0.29, 0.717) is 0 Å². The molecule has 4 rings (SSSR count). The molecule has 0 bridgehead atoms. The molecule has 184 valence electrons. The Morgan fingerprint density at radius 3 is 0.973 bits per heavy atom. The van der Waals surface area contributed by atoms with Gasteiger partial charge < -0.3 is 4.74 Å². The van der Waals surface area contributed by atoms with E-state index < -0.39 is 0 Å². The van der Waals surface area contributed by atoms with Gasteiger partial charge in [0.25, 0.3) is 0 Å². The molecule has 4 aromatic carbocycles. The molecule has 0 fully saturated rings. The average Bonchev–Trinajstić information content (AvgIpc) is 2.97. The molecule has 0 radical (unpaired) electrons. The zero-order valence-electron chi connectivity index (χ0n) is 21.4. The van der Waals surface area contributed by atoms with Crippen molar-refractivity contribution in [2.75, 3.05) is 0 Å². The minimum Gasteiger partial charge on any atom is -0.365 e. The Hall–Kier alpha value is -4.20. The molecule has 0 aliphatic rings. The molecule has 4 aromatic rings. The highest BCUT2D eigenvalue weighted by atomic mass is 16.5. The average molecular weight is 483 g/mol. The minimum atomic E-state index is -0.120. The lowest BCUT2D eigenvalue weighted by atomic mass is 9.96. The fourth-order valence-electron chi connectivity index (χ4n) is 4.39. The van der Waals surface area contributed by atoms with Crippen molar-refractivity contribution in [1.82, 2.24) is 0 Å². The summed E-state index contributed by atoms with van der Waals surface area (Å²) in [6, 6.07) is 34.0. The van der Waals surface area contributed by atoms with E-state index in [1.54, 1.807) is 0 Å². The second-order valence-corrected chi connectivity index (χ2v) is 9.15. The molecule has 1 nitrogen and oxygen atoms in total. The lowest BCUT2D eigenvalue weighted by Gasteiger charge is -2.27. The normalized spacial score (nSPS) is 12.3. The minimum absolute atomic E-state index is 0.120. The van der Waals surface area contributed by atoms with Crippen molar-refractivity contribution in [1.29, 1.82) is 0 Å². The molecule has 37 heavy (non-hydrogen) atoms. The zero-order valence-corrected chi connectivity index (χ0v) is 21.4. The largest absolute Gasteiger partial charge is 0.365 e. The zero-order chi connectivity index (χ0) is 26.0. The van der Waals surface area contributed by atoms with Gasteiger partial charge in [0.05, 0.1) is 12.2 Å². The molecule has 0 aliphatic heterocycles. The van der Waals surface area contributed by atoms with Crippen LogP contribution in [0.1, 0.15) is 56.7 Å². The Balaban J connectivity index is 1.68. The van der Waals surface area contributed by atoms with Gasteiger partial charge in [0.1, 0.15) is 0 Å². The van der Waals surface area contributed by atoms with Crippen LogP contribution in [0.2, 0.25) is 0 Å². The van der Waals surface area contributed by atoms with Crippen molar-refractivity contribution in [3.63, 3.8) is 0 Å². The van der Waals surface area contributed by atoms with Gasteiger partial charge in [0, 0.05) is 12.8 Å². The Morgan fingerprint density at radius 2 is 0.703 bits per heavy atom. The maximum atomic E-state index is 7.00. The van der Waals surface area contributed by atoms with E-state index in [9.17, 15) is 0 Å². The molecule has 2 atom stereocenters. The molecular formula is C36H34O. The van der Waals surface area contributed by atoms with Gasteiger partial charge in [-0.1, -0.05) is 148 Å². The van der Waals surface area contributed by atoms with E-state index in [1.807, 2.05) is 24.3 Å². The van der Waals surface area contributed by atoms with Crippen LogP contribution in [-0.4, -0.2) is 0 Å². The van der Waals surface area contributed by atoms with Crippen LogP contribution >= 0.6 is 0 Å². The van der Waals surface area contributed by atoms with Crippen molar-refractivity contribution < 1.29 is 4.74 Å². The SMILES string of the molecule is C=Cc1ccc(CC(OC(Cc2ccc(C=C)cc2)c2ccc(C=C)cc2)c2ccc(C=C)cc2)cc1. The number of rotatable bonds is 12. The Labute approximate surface area is 221 Å².